The third-order valence-electron chi connectivity index (χ3n) is 6.74. The molecular weight excluding hydrogens is 436 g/mol. The van der Waals surface area contributed by atoms with E-state index in [-0.39, 0.29) is 0 Å². The predicted octanol–water partition coefficient (Wildman–Crippen LogP) is 9.88. The van der Waals surface area contributed by atoms with E-state index in [2.05, 4.69) is 91.0 Å². The van der Waals surface area contributed by atoms with Crippen LogP contribution < -0.4 is 0 Å². The van der Waals surface area contributed by atoms with Crippen molar-refractivity contribution in [1.29, 1.82) is 0 Å². The van der Waals surface area contributed by atoms with Crippen LogP contribution in [0.4, 0.5) is 0 Å². The van der Waals surface area contributed by atoms with E-state index in [1.165, 1.54) is 21.5 Å². The van der Waals surface area contributed by atoms with E-state index in [4.69, 9.17) is 16.0 Å². The Morgan fingerprint density at radius 1 is 0.471 bits per heavy atom. The van der Waals surface area contributed by atoms with Crippen LogP contribution in [0.3, 0.4) is 0 Å². The van der Waals surface area contributed by atoms with Crippen molar-refractivity contribution in [2.24, 2.45) is 0 Å². The molecule has 34 heavy (non-hydrogen) atoms. The van der Waals surface area contributed by atoms with Crippen LogP contribution in [0.1, 0.15) is 0 Å². The first-order chi connectivity index (χ1) is 16.8. The number of rotatable bonds is 2. The number of hydrogen-bond acceptors (Lipinski definition) is 1. The number of hydrogen-bond donors (Lipinski definition) is 0. The first-order valence-electron chi connectivity index (χ1n) is 11.4. The molecular formula is C32H19ClO. The van der Waals surface area contributed by atoms with Crippen molar-refractivity contribution in [3.8, 4) is 22.3 Å². The molecule has 0 aliphatic carbocycles. The highest BCUT2D eigenvalue weighted by molar-refractivity contribution is 6.35. The number of fused-ring (bicyclic) bond motifs is 6. The summed E-state index contributed by atoms with van der Waals surface area (Å²) in [6.45, 7) is 0. The Hall–Kier alpha value is -4.07. The van der Waals surface area contributed by atoms with Gasteiger partial charge in [0.05, 0.1) is 0 Å². The molecule has 1 nitrogen and oxygen atoms in total. The highest BCUT2D eigenvalue weighted by Gasteiger charge is 2.17. The Morgan fingerprint density at radius 3 is 2.06 bits per heavy atom. The fraction of sp³-hybridized carbons (Fsp3) is 0. The van der Waals surface area contributed by atoms with Gasteiger partial charge in [0.2, 0.25) is 0 Å². The first-order valence-corrected chi connectivity index (χ1v) is 11.8. The van der Waals surface area contributed by atoms with Gasteiger partial charge in [0.15, 0.2) is 0 Å². The topological polar surface area (TPSA) is 13.1 Å². The number of halogens is 1. The fourth-order valence-corrected chi connectivity index (χ4v) is 5.47. The van der Waals surface area contributed by atoms with Crippen molar-refractivity contribution < 1.29 is 4.42 Å². The maximum atomic E-state index is 6.94. The lowest BCUT2D eigenvalue weighted by Gasteiger charge is -2.16. The van der Waals surface area contributed by atoms with Gasteiger partial charge >= 0.3 is 0 Å². The second-order valence-electron chi connectivity index (χ2n) is 8.66. The monoisotopic (exact) mass is 454 g/mol. The predicted molar refractivity (Wildman–Crippen MR) is 145 cm³/mol. The molecule has 0 aliphatic heterocycles. The van der Waals surface area contributed by atoms with Crippen LogP contribution in [0.15, 0.2) is 120 Å². The van der Waals surface area contributed by atoms with Crippen molar-refractivity contribution in [3.05, 3.63) is 120 Å². The van der Waals surface area contributed by atoms with Gasteiger partial charge in [0.1, 0.15) is 11.2 Å². The summed E-state index contributed by atoms with van der Waals surface area (Å²) < 4.78 is 6.06. The average molecular weight is 455 g/mol. The van der Waals surface area contributed by atoms with Crippen molar-refractivity contribution in [1.82, 2.24) is 0 Å². The third kappa shape index (κ3) is 2.88. The lowest BCUT2D eigenvalue weighted by molar-refractivity contribution is 0.669. The molecule has 0 fully saturated rings. The molecule has 1 heterocycles. The standard InChI is InChI=1S/C32H19ClO/c33-29-14-7-13-23(21-16-17-31-27(18-21)26-12-5-6-15-30(26)34-31)32(29)28-19-20-8-1-2-9-22(20)24-10-3-4-11-25(24)28/h1-19H. The molecule has 7 aromatic rings. The van der Waals surface area contributed by atoms with Gasteiger partial charge in [-0.05, 0) is 68.6 Å². The molecule has 0 aliphatic rings. The van der Waals surface area contributed by atoms with E-state index in [0.29, 0.717) is 0 Å². The van der Waals surface area contributed by atoms with Crippen LogP contribution in [0.25, 0.3) is 65.7 Å². The van der Waals surface area contributed by atoms with Gasteiger partial charge in [0, 0.05) is 21.4 Å². The minimum Gasteiger partial charge on any atom is -0.456 e. The van der Waals surface area contributed by atoms with Crippen molar-refractivity contribution >= 4 is 55.1 Å². The molecule has 7 rings (SSSR count). The maximum Gasteiger partial charge on any atom is 0.135 e. The van der Waals surface area contributed by atoms with Crippen LogP contribution in [0, 0.1) is 0 Å². The summed E-state index contributed by atoms with van der Waals surface area (Å²) in [6, 6.07) is 40.2. The van der Waals surface area contributed by atoms with Crippen LogP contribution in [-0.2, 0) is 0 Å². The summed E-state index contributed by atoms with van der Waals surface area (Å²) in [6.07, 6.45) is 0. The van der Waals surface area contributed by atoms with Gasteiger partial charge < -0.3 is 4.42 Å². The average Bonchev–Trinajstić information content (AvgIpc) is 3.26. The quantitative estimate of drug-likeness (QED) is 0.237. The summed E-state index contributed by atoms with van der Waals surface area (Å²) >= 11 is 6.94. The Bertz CT molecular complexity index is 1880. The van der Waals surface area contributed by atoms with E-state index < -0.39 is 0 Å². The SMILES string of the molecule is Clc1cccc(-c2ccc3oc4ccccc4c3c2)c1-c1cc2ccccc2c2ccccc12. The molecule has 0 saturated carbocycles. The number of para-hydroxylation sites is 1. The summed E-state index contributed by atoms with van der Waals surface area (Å²) in [4.78, 5) is 0. The van der Waals surface area contributed by atoms with E-state index in [9.17, 15) is 0 Å². The smallest absolute Gasteiger partial charge is 0.135 e. The van der Waals surface area contributed by atoms with E-state index in [0.717, 1.165) is 49.2 Å². The fourth-order valence-electron chi connectivity index (χ4n) is 5.19. The van der Waals surface area contributed by atoms with Crippen LogP contribution >= 0.6 is 11.6 Å². The molecule has 0 saturated heterocycles. The zero-order valence-electron chi connectivity index (χ0n) is 18.3. The largest absolute Gasteiger partial charge is 0.456 e. The van der Waals surface area contributed by atoms with Crippen molar-refractivity contribution in [2.75, 3.05) is 0 Å². The molecule has 0 radical (unpaired) electrons. The lowest BCUT2D eigenvalue weighted by Crippen LogP contribution is -1.90. The second-order valence-corrected chi connectivity index (χ2v) is 9.07. The summed E-state index contributed by atoms with van der Waals surface area (Å²) in [7, 11) is 0. The highest BCUT2D eigenvalue weighted by atomic mass is 35.5. The Balaban J connectivity index is 1.55. The molecule has 160 valence electrons. The van der Waals surface area contributed by atoms with Crippen LogP contribution in [0.2, 0.25) is 5.02 Å². The molecule has 0 N–H and O–H groups in total. The summed E-state index contributed by atoms with van der Waals surface area (Å²) in [5, 5.41) is 7.87. The van der Waals surface area contributed by atoms with Gasteiger partial charge in [-0.25, -0.2) is 0 Å². The van der Waals surface area contributed by atoms with Crippen LogP contribution in [-0.4, -0.2) is 0 Å². The number of furan rings is 1. The van der Waals surface area contributed by atoms with Gasteiger partial charge in [-0.1, -0.05) is 96.5 Å². The summed E-state index contributed by atoms with van der Waals surface area (Å²) in [5.41, 5.74) is 6.23. The second kappa shape index (κ2) is 7.48. The zero-order valence-corrected chi connectivity index (χ0v) is 19.0. The van der Waals surface area contributed by atoms with E-state index in [1.54, 1.807) is 0 Å². The Morgan fingerprint density at radius 2 is 1.18 bits per heavy atom. The zero-order chi connectivity index (χ0) is 22.6. The molecule has 0 bridgehead atoms. The Labute approximate surface area is 201 Å². The molecule has 0 atom stereocenters. The minimum atomic E-state index is 0.745. The van der Waals surface area contributed by atoms with Gasteiger partial charge in [0.25, 0.3) is 0 Å². The molecule has 6 aromatic carbocycles. The molecule has 2 heteroatoms. The van der Waals surface area contributed by atoms with Crippen molar-refractivity contribution in [3.63, 3.8) is 0 Å². The Kier molecular flexibility index (Phi) is 4.27. The molecule has 0 unspecified atom stereocenters. The molecule has 1 aromatic heterocycles. The maximum absolute atomic E-state index is 6.94. The first kappa shape index (κ1) is 19.4. The normalized spacial score (nSPS) is 11.7. The lowest BCUT2D eigenvalue weighted by atomic mass is 9.88. The van der Waals surface area contributed by atoms with Gasteiger partial charge in [-0.15, -0.1) is 0 Å². The highest BCUT2D eigenvalue weighted by Crippen LogP contribution is 2.44. The van der Waals surface area contributed by atoms with Crippen molar-refractivity contribution in [2.45, 2.75) is 0 Å². The van der Waals surface area contributed by atoms with E-state index >= 15 is 0 Å². The number of benzene rings is 6. The van der Waals surface area contributed by atoms with E-state index in [1.807, 2.05) is 24.3 Å². The summed E-state index contributed by atoms with van der Waals surface area (Å²) in [5.74, 6) is 0. The molecule has 0 amide bonds. The minimum absolute atomic E-state index is 0.745. The van der Waals surface area contributed by atoms with Gasteiger partial charge in [-0.3, -0.25) is 0 Å². The molecule has 0 spiro atoms. The third-order valence-corrected chi connectivity index (χ3v) is 7.05. The van der Waals surface area contributed by atoms with Gasteiger partial charge in [-0.2, -0.15) is 0 Å². The van der Waals surface area contributed by atoms with Crippen LogP contribution in [0.5, 0.6) is 0 Å².